The topological polar surface area (TPSA) is 48.5 Å². The normalized spacial score (nSPS) is 13.9. The summed E-state index contributed by atoms with van der Waals surface area (Å²) in [6.45, 7) is 4.55. The lowest BCUT2D eigenvalue weighted by molar-refractivity contribution is 0.510. The van der Waals surface area contributed by atoms with Crippen molar-refractivity contribution in [1.82, 2.24) is 24.5 Å². The molecule has 3 aromatic heterocycles. The van der Waals surface area contributed by atoms with Crippen molar-refractivity contribution >= 4 is 27.0 Å². The minimum atomic E-state index is -0.0951. The van der Waals surface area contributed by atoms with E-state index in [1.807, 2.05) is 35.1 Å². The van der Waals surface area contributed by atoms with Gasteiger partial charge in [-0.3, -0.25) is 0 Å². The lowest BCUT2D eigenvalue weighted by Crippen LogP contribution is -2.26. The van der Waals surface area contributed by atoms with Crippen molar-refractivity contribution in [3.63, 3.8) is 0 Å². The molecule has 0 radical (unpaired) electrons. The van der Waals surface area contributed by atoms with Crippen molar-refractivity contribution in [1.29, 1.82) is 0 Å². The first-order chi connectivity index (χ1) is 18.0. The van der Waals surface area contributed by atoms with Crippen molar-refractivity contribution in [2.45, 2.75) is 25.7 Å². The van der Waals surface area contributed by atoms with Crippen LogP contribution in [0.4, 0.5) is 0 Å². The van der Waals surface area contributed by atoms with E-state index in [9.17, 15) is 0 Å². The van der Waals surface area contributed by atoms with Gasteiger partial charge in [-0.15, -0.1) is 0 Å². The van der Waals surface area contributed by atoms with Gasteiger partial charge in [-0.1, -0.05) is 78.3 Å². The van der Waals surface area contributed by atoms with E-state index in [2.05, 4.69) is 101 Å². The quantitative estimate of drug-likeness (QED) is 0.231. The van der Waals surface area contributed by atoms with Crippen molar-refractivity contribution < 1.29 is 0 Å². The van der Waals surface area contributed by atoms with Gasteiger partial charge < -0.3 is 0 Å². The van der Waals surface area contributed by atoms with Gasteiger partial charge in [0.15, 0.2) is 5.65 Å². The second-order valence-corrected chi connectivity index (χ2v) is 11.1. The molecule has 5 nitrogen and oxygen atoms in total. The maximum atomic E-state index is 5.31. The van der Waals surface area contributed by atoms with E-state index in [0.717, 1.165) is 61.5 Å². The molecule has 180 valence electrons. The summed E-state index contributed by atoms with van der Waals surface area (Å²) in [5, 5.41) is 11.0. The lowest BCUT2D eigenvalue weighted by atomic mass is 9.74. The molecular formula is C31H24BrN5. The van der Waals surface area contributed by atoms with E-state index in [0.29, 0.717) is 0 Å². The fourth-order valence-corrected chi connectivity index (χ4v) is 5.63. The summed E-state index contributed by atoms with van der Waals surface area (Å²) < 4.78 is 5.07. The number of para-hydroxylation sites is 2. The highest BCUT2D eigenvalue weighted by molar-refractivity contribution is 9.10. The molecule has 0 aliphatic heterocycles. The van der Waals surface area contributed by atoms with Gasteiger partial charge in [0.2, 0.25) is 0 Å². The Morgan fingerprint density at radius 3 is 2.14 bits per heavy atom. The van der Waals surface area contributed by atoms with Crippen LogP contribution in [0.1, 0.15) is 25.1 Å². The number of pyridine rings is 1. The molecule has 0 atom stereocenters. The van der Waals surface area contributed by atoms with E-state index in [-0.39, 0.29) is 5.41 Å². The molecule has 0 saturated carbocycles. The summed E-state index contributed by atoms with van der Waals surface area (Å²) in [5.74, 6) is 0. The van der Waals surface area contributed by atoms with Crippen molar-refractivity contribution in [2.75, 3.05) is 0 Å². The summed E-state index contributed by atoms with van der Waals surface area (Å²) in [6, 6.07) is 31.2. The highest BCUT2D eigenvalue weighted by Crippen LogP contribution is 2.45. The molecule has 0 unspecified atom stereocenters. The number of hydrogen-bond donors (Lipinski definition) is 0. The molecule has 3 aromatic carbocycles. The van der Waals surface area contributed by atoms with E-state index in [4.69, 9.17) is 15.2 Å². The maximum absolute atomic E-state index is 5.31. The zero-order chi connectivity index (χ0) is 25.1. The summed E-state index contributed by atoms with van der Waals surface area (Å²) in [5.41, 5.74) is 9.32. The number of benzene rings is 3. The second-order valence-electron chi connectivity index (χ2n) is 10.2. The number of halogens is 1. The SMILES string of the molecule is CC1(C)Cc2nc3c(cc2-c2c1cnn2-c1ccccc1)c(-c1ccc(Br)cc1)nn3-c1ccccc1. The highest BCUT2D eigenvalue weighted by Gasteiger charge is 2.36. The molecule has 6 aromatic rings. The van der Waals surface area contributed by atoms with Crippen LogP contribution in [-0.4, -0.2) is 24.5 Å². The predicted molar refractivity (Wildman–Crippen MR) is 151 cm³/mol. The summed E-state index contributed by atoms with van der Waals surface area (Å²) in [4.78, 5) is 5.31. The van der Waals surface area contributed by atoms with E-state index in [1.165, 1.54) is 5.56 Å². The Hall–Kier alpha value is -4.03. The Kier molecular flexibility index (Phi) is 4.95. The molecule has 1 aliphatic rings. The fraction of sp³-hybridized carbons (Fsp3) is 0.129. The minimum Gasteiger partial charge on any atom is -0.233 e. The standard InChI is InChI=1S/C31H24BrN5/c1-31(2)18-27-24(29-26(31)19-33-36(29)22-9-5-3-6-10-22)17-25-28(20-13-15-21(32)16-14-20)35-37(30(25)34-27)23-11-7-4-8-12-23/h3-17,19H,18H2,1-2H3. The molecular weight excluding hydrogens is 522 g/mol. The number of nitrogens with zero attached hydrogens (tertiary/aromatic N) is 5. The Balaban J connectivity index is 1.54. The number of fused-ring (bicyclic) bond motifs is 4. The van der Waals surface area contributed by atoms with Crippen LogP contribution < -0.4 is 0 Å². The molecule has 0 spiro atoms. The van der Waals surface area contributed by atoms with Gasteiger partial charge in [-0.2, -0.15) is 10.2 Å². The molecule has 0 fully saturated rings. The van der Waals surface area contributed by atoms with Gasteiger partial charge in [0.05, 0.1) is 29.0 Å². The van der Waals surface area contributed by atoms with Gasteiger partial charge in [-0.05, 0) is 54.3 Å². The van der Waals surface area contributed by atoms with Crippen LogP contribution in [0.2, 0.25) is 0 Å². The first kappa shape index (κ1) is 22.2. The second kappa shape index (κ2) is 8.25. The van der Waals surface area contributed by atoms with Crippen LogP contribution in [-0.2, 0) is 11.8 Å². The molecule has 0 amide bonds. The summed E-state index contributed by atoms with van der Waals surface area (Å²) in [6.07, 6.45) is 2.86. The molecule has 6 heteroatoms. The van der Waals surface area contributed by atoms with Crippen LogP contribution in [0.25, 0.3) is 44.9 Å². The van der Waals surface area contributed by atoms with Crippen molar-refractivity contribution in [3.05, 3.63) is 113 Å². The third-order valence-corrected chi connectivity index (χ3v) is 7.75. The highest BCUT2D eigenvalue weighted by atomic mass is 79.9. The number of rotatable bonds is 3. The maximum Gasteiger partial charge on any atom is 0.163 e. The number of hydrogen-bond acceptors (Lipinski definition) is 3. The third-order valence-electron chi connectivity index (χ3n) is 7.22. The molecule has 0 bridgehead atoms. The fourth-order valence-electron chi connectivity index (χ4n) is 5.37. The largest absolute Gasteiger partial charge is 0.233 e. The molecule has 7 rings (SSSR count). The van der Waals surface area contributed by atoms with Crippen LogP contribution in [0.3, 0.4) is 0 Å². The Morgan fingerprint density at radius 2 is 1.46 bits per heavy atom. The molecule has 3 heterocycles. The molecule has 1 aliphatic carbocycles. The smallest absolute Gasteiger partial charge is 0.163 e. The van der Waals surface area contributed by atoms with Crippen LogP contribution in [0.5, 0.6) is 0 Å². The van der Waals surface area contributed by atoms with Crippen molar-refractivity contribution in [3.8, 4) is 33.9 Å². The van der Waals surface area contributed by atoms with Gasteiger partial charge in [0.1, 0.15) is 5.69 Å². The van der Waals surface area contributed by atoms with Crippen LogP contribution >= 0.6 is 15.9 Å². The average Bonchev–Trinajstić information content (AvgIpc) is 3.52. The predicted octanol–water partition coefficient (Wildman–Crippen LogP) is 7.54. The van der Waals surface area contributed by atoms with Gasteiger partial charge in [0.25, 0.3) is 0 Å². The lowest BCUT2D eigenvalue weighted by Gasteiger charge is -2.31. The zero-order valence-electron chi connectivity index (χ0n) is 20.6. The monoisotopic (exact) mass is 545 g/mol. The first-order valence-electron chi connectivity index (χ1n) is 12.4. The third kappa shape index (κ3) is 3.55. The Bertz CT molecular complexity index is 1760. The average molecular weight is 546 g/mol. The van der Waals surface area contributed by atoms with E-state index >= 15 is 0 Å². The zero-order valence-corrected chi connectivity index (χ0v) is 22.1. The molecule has 0 N–H and O–H groups in total. The summed E-state index contributed by atoms with van der Waals surface area (Å²) >= 11 is 3.57. The Morgan fingerprint density at radius 1 is 0.811 bits per heavy atom. The van der Waals surface area contributed by atoms with Crippen LogP contribution in [0, 0.1) is 0 Å². The van der Waals surface area contributed by atoms with Gasteiger partial charge in [-0.25, -0.2) is 14.3 Å². The van der Waals surface area contributed by atoms with Crippen LogP contribution in [0.15, 0.2) is 102 Å². The number of aromatic nitrogens is 5. The van der Waals surface area contributed by atoms with Crippen molar-refractivity contribution in [2.24, 2.45) is 0 Å². The van der Waals surface area contributed by atoms with E-state index in [1.54, 1.807) is 0 Å². The Labute approximate surface area is 223 Å². The minimum absolute atomic E-state index is 0.0951. The van der Waals surface area contributed by atoms with Gasteiger partial charge >= 0.3 is 0 Å². The molecule has 37 heavy (non-hydrogen) atoms. The first-order valence-corrected chi connectivity index (χ1v) is 13.2. The summed E-state index contributed by atoms with van der Waals surface area (Å²) in [7, 11) is 0. The van der Waals surface area contributed by atoms with E-state index < -0.39 is 0 Å². The molecule has 0 saturated heterocycles. The van der Waals surface area contributed by atoms with Gasteiger partial charge in [0, 0.05) is 26.5 Å².